The monoisotopic (exact) mass is 368 g/mol. The van der Waals surface area contributed by atoms with Crippen LogP contribution in [0.4, 0.5) is 0 Å². The molecule has 8 nitrogen and oxygen atoms in total. The fourth-order valence-corrected chi connectivity index (χ4v) is 3.38. The minimum absolute atomic E-state index is 0.252. The molecule has 0 amide bonds. The van der Waals surface area contributed by atoms with Crippen molar-refractivity contribution in [2.75, 3.05) is 0 Å². The van der Waals surface area contributed by atoms with Crippen LogP contribution in [0.2, 0.25) is 0 Å². The summed E-state index contributed by atoms with van der Waals surface area (Å²) in [6, 6.07) is 0. The van der Waals surface area contributed by atoms with Crippen LogP contribution in [0.25, 0.3) is 0 Å². The van der Waals surface area contributed by atoms with Crippen molar-refractivity contribution < 1.29 is 38.9 Å². The van der Waals surface area contributed by atoms with Gasteiger partial charge in [0.2, 0.25) is 0 Å². The Hall–Kier alpha value is -2.38. The molecular weight excluding hydrogens is 344 g/mol. The second kappa shape index (κ2) is 9.35. The fourth-order valence-electron chi connectivity index (χ4n) is 3.38. The van der Waals surface area contributed by atoms with Crippen LogP contribution < -0.4 is 0 Å². The summed E-state index contributed by atoms with van der Waals surface area (Å²) in [6.45, 7) is 0. The standard InChI is InChI=1S/C18H24O8/c19-15(25-11-5-1-2-6-11)9-13(17(21)22)14(18(23)24)10-16(20)26-12-7-3-4-8-12/h11-12H,1-10H2,(H,21,22)(H,23,24)/b14-13+. The van der Waals surface area contributed by atoms with Crippen molar-refractivity contribution in [3.05, 3.63) is 11.1 Å². The predicted octanol–water partition coefficient (Wildman–Crippen LogP) is 2.20. The van der Waals surface area contributed by atoms with Gasteiger partial charge in [0, 0.05) is 0 Å². The van der Waals surface area contributed by atoms with Gasteiger partial charge in [-0.1, -0.05) is 0 Å². The van der Waals surface area contributed by atoms with Crippen LogP contribution in [0.15, 0.2) is 11.1 Å². The van der Waals surface area contributed by atoms with E-state index in [2.05, 4.69) is 0 Å². The minimum Gasteiger partial charge on any atom is -0.478 e. The van der Waals surface area contributed by atoms with Crippen molar-refractivity contribution in [3.63, 3.8) is 0 Å². The number of carboxylic acid groups (broad SMARTS) is 2. The van der Waals surface area contributed by atoms with Gasteiger partial charge in [0.1, 0.15) is 12.2 Å². The molecule has 2 saturated carbocycles. The smallest absolute Gasteiger partial charge is 0.332 e. The second-order valence-electron chi connectivity index (χ2n) is 6.71. The number of carbonyl (C=O) groups is 4. The number of carbonyl (C=O) groups excluding carboxylic acids is 2. The lowest BCUT2D eigenvalue weighted by atomic mass is 10.0. The highest BCUT2D eigenvalue weighted by Gasteiger charge is 2.28. The van der Waals surface area contributed by atoms with E-state index < -0.39 is 47.9 Å². The van der Waals surface area contributed by atoms with Gasteiger partial charge < -0.3 is 19.7 Å². The molecule has 0 aromatic carbocycles. The van der Waals surface area contributed by atoms with E-state index >= 15 is 0 Å². The first-order chi connectivity index (χ1) is 12.4. The van der Waals surface area contributed by atoms with Crippen LogP contribution in [-0.2, 0) is 28.7 Å². The van der Waals surface area contributed by atoms with Gasteiger partial charge >= 0.3 is 23.9 Å². The Labute approximate surface area is 151 Å². The van der Waals surface area contributed by atoms with Crippen molar-refractivity contribution in [2.45, 2.75) is 76.4 Å². The molecule has 0 radical (unpaired) electrons. The highest BCUT2D eigenvalue weighted by molar-refractivity contribution is 6.04. The van der Waals surface area contributed by atoms with Crippen LogP contribution in [-0.4, -0.2) is 46.3 Å². The largest absolute Gasteiger partial charge is 0.478 e. The summed E-state index contributed by atoms with van der Waals surface area (Å²) in [5.74, 6) is -4.70. The molecule has 0 heterocycles. The molecule has 2 fully saturated rings. The third-order valence-electron chi connectivity index (χ3n) is 4.72. The molecule has 0 atom stereocenters. The van der Waals surface area contributed by atoms with Crippen LogP contribution >= 0.6 is 0 Å². The summed E-state index contributed by atoms with van der Waals surface area (Å²) in [5.41, 5.74) is -1.27. The molecule has 8 heteroatoms. The number of hydrogen-bond donors (Lipinski definition) is 2. The van der Waals surface area contributed by atoms with Gasteiger partial charge in [0.15, 0.2) is 0 Å². The Morgan fingerprint density at radius 1 is 0.654 bits per heavy atom. The molecular formula is C18H24O8. The summed E-state index contributed by atoms with van der Waals surface area (Å²) in [5, 5.41) is 18.6. The number of rotatable bonds is 8. The van der Waals surface area contributed by atoms with Gasteiger partial charge in [-0.25, -0.2) is 9.59 Å². The lowest BCUT2D eigenvalue weighted by Gasteiger charge is -2.14. The Balaban J connectivity index is 2.06. The third kappa shape index (κ3) is 5.86. The average Bonchev–Trinajstić information content (AvgIpc) is 3.24. The first-order valence-electron chi connectivity index (χ1n) is 8.94. The SMILES string of the molecule is O=C(C/C(C(=O)O)=C(/CC(=O)OC1CCCC1)C(=O)O)OC1CCCC1. The number of aliphatic carboxylic acids is 2. The Morgan fingerprint density at radius 3 is 1.23 bits per heavy atom. The molecule has 0 spiro atoms. The van der Waals surface area contributed by atoms with E-state index in [1.165, 1.54) is 0 Å². The predicted molar refractivity (Wildman–Crippen MR) is 88.2 cm³/mol. The second-order valence-corrected chi connectivity index (χ2v) is 6.71. The van der Waals surface area contributed by atoms with Crippen LogP contribution in [0.3, 0.4) is 0 Å². The summed E-state index contributed by atoms with van der Waals surface area (Å²) in [6.07, 6.45) is 4.74. The molecule has 0 unspecified atom stereocenters. The van der Waals surface area contributed by atoms with E-state index in [0.29, 0.717) is 0 Å². The summed E-state index contributed by atoms with van der Waals surface area (Å²) in [7, 11) is 0. The van der Waals surface area contributed by atoms with Crippen molar-refractivity contribution >= 4 is 23.9 Å². The number of hydrogen-bond acceptors (Lipinski definition) is 6. The van der Waals surface area contributed by atoms with E-state index in [1.54, 1.807) is 0 Å². The van der Waals surface area contributed by atoms with Gasteiger partial charge in [-0.05, 0) is 51.4 Å². The zero-order valence-electron chi connectivity index (χ0n) is 14.6. The van der Waals surface area contributed by atoms with Crippen molar-refractivity contribution in [1.82, 2.24) is 0 Å². The lowest BCUT2D eigenvalue weighted by Crippen LogP contribution is -2.22. The highest BCUT2D eigenvalue weighted by atomic mass is 16.5. The topological polar surface area (TPSA) is 127 Å². The van der Waals surface area contributed by atoms with E-state index in [0.717, 1.165) is 51.4 Å². The van der Waals surface area contributed by atoms with Gasteiger partial charge in [0.05, 0.1) is 24.0 Å². The van der Waals surface area contributed by atoms with Gasteiger partial charge in [0.25, 0.3) is 0 Å². The zero-order chi connectivity index (χ0) is 19.1. The third-order valence-corrected chi connectivity index (χ3v) is 4.72. The molecule has 2 N–H and O–H groups in total. The van der Waals surface area contributed by atoms with E-state index in [1.807, 2.05) is 0 Å². The molecule has 2 aliphatic carbocycles. The quantitative estimate of drug-likeness (QED) is 0.493. The maximum Gasteiger partial charge on any atom is 0.332 e. The molecule has 2 rings (SSSR count). The number of esters is 2. The van der Waals surface area contributed by atoms with Crippen LogP contribution in [0.5, 0.6) is 0 Å². The molecule has 144 valence electrons. The van der Waals surface area contributed by atoms with Crippen molar-refractivity contribution in [3.8, 4) is 0 Å². The van der Waals surface area contributed by atoms with E-state index in [4.69, 9.17) is 9.47 Å². The van der Waals surface area contributed by atoms with Crippen molar-refractivity contribution in [1.29, 1.82) is 0 Å². The molecule has 0 aromatic rings. The zero-order valence-corrected chi connectivity index (χ0v) is 14.6. The first kappa shape index (κ1) is 19.9. The normalized spacial score (nSPS) is 19.1. The molecule has 0 saturated heterocycles. The van der Waals surface area contributed by atoms with Gasteiger partial charge in [-0.15, -0.1) is 0 Å². The summed E-state index contributed by atoms with van der Waals surface area (Å²) in [4.78, 5) is 46.9. The maximum atomic E-state index is 12.0. The van der Waals surface area contributed by atoms with Crippen LogP contribution in [0.1, 0.15) is 64.2 Å². The lowest BCUT2D eigenvalue weighted by molar-refractivity contribution is -0.150. The minimum atomic E-state index is -1.56. The van der Waals surface area contributed by atoms with Gasteiger partial charge in [-0.3, -0.25) is 9.59 Å². The molecule has 2 aliphatic rings. The van der Waals surface area contributed by atoms with E-state index in [-0.39, 0.29) is 12.2 Å². The van der Waals surface area contributed by atoms with Gasteiger partial charge in [-0.2, -0.15) is 0 Å². The first-order valence-corrected chi connectivity index (χ1v) is 8.94. The van der Waals surface area contributed by atoms with Crippen molar-refractivity contribution in [2.24, 2.45) is 0 Å². The number of ether oxygens (including phenoxy) is 2. The molecule has 0 aliphatic heterocycles. The highest BCUT2D eigenvalue weighted by Crippen LogP contribution is 2.24. The maximum absolute atomic E-state index is 12.0. The molecule has 0 aromatic heterocycles. The number of carboxylic acids is 2. The average molecular weight is 368 g/mol. The Bertz CT molecular complexity index is 542. The van der Waals surface area contributed by atoms with Crippen LogP contribution in [0, 0.1) is 0 Å². The molecule has 0 bridgehead atoms. The fraction of sp³-hybridized carbons (Fsp3) is 0.667. The Morgan fingerprint density at radius 2 is 0.962 bits per heavy atom. The van der Waals surface area contributed by atoms with E-state index in [9.17, 15) is 29.4 Å². The summed E-state index contributed by atoms with van der Waals surface area (Å²) < 4.78 is 10.4. The molecule has 26 heavy (non-hydrogen) atoms. The summed E-state index contributed by atoms with van der Waals surface area (Å²) >= 11 is 0. The Kier molecular flexibility index (Phi) is 7.17.